The zero-order valence-electron chi connectivity index (χ0n) is 12.9. The van der Waals surface area contributed by atoms with Crippen LogP contribution in [0.3, 0.4) is 0 Å². The summed E-state index contributed by atoms with van der Waals surface area (Å²) in [5.74, 6) is -2.09. The van der Waals surface area contributed by atoms with Crippen molar-refractivity contribution in [2.45, 2.75) is 38.0 Å². The summed E-state index contributed by atoms with van der Waals surface area (Å²) in [5, 5.41) is 14.4. The van der Waals surface area contributed by atoms with Crippen molar-refractivity contribution in [2.75, 3.05) is 11.9 Å². The molecule has 3 N–H and O–H groups in total. The van der Waals surface area contributed by atoms with Gasteiger partial charge in [0, 0.05) is 18.2 Å². The third-order valence-electron chi connectivity index (χ3n) is 4.05. The molecule has 8 heteroatoms. The van der Waals surface area contributed by atoms with Crippen LogP contribution in [0.1, 0.15) is 31.2 Å². The lowest BCUT2D eigenvalue weighted by atomic mass is 9.86. The van der Waals surface area contributed by atoms with Crippen molar-refractivity contribution in [3.8, 4) is 0 Å². The lowest BCUT2D eigenvalue weighted by Gasteiger charge is -2.27. The molecule has 0 aromatic heterocycles. The standard InChI is InChI=1S/C16H19F3N2O3/c17-16(18,19)11-5-3-6-12(8-11)21-15(24)14(23)20-9-10-4-1-2-7-13(10)22/h3,5-6,8,10,13,22H,1-2,4,7,9H2,(H,20,23)(H,21,24)/t10-,13-/m0/s1. The number of aliphatic hydroxyl groups is 1. The van der Waals surface area contributed by atoms with Crippen LogP contribution < -0.4 is 10.6 Å². The summed E-state index contributed by atoms with van der Waals surface area (Å²) < 4.78 is 37.8. The number of amides is 2. The van der Waals surface area contributed by atoms with Gasteiger partial charge in [0.25, 0.3) is 0 Å². The van der Waals surface area contributed by atoms with E-state index >= 15 is 0 Å². The molecule has 1 aromatic rings. The molecular formula is C16H19F3N2O3. The van der Waals surface area contributed by atoms with Gasteiger partial charge >= 0.3 is 18.0 Å². The van der Waals surface area contributed by atoms with Crippen LogP contribution in [0.5, 0.6) is 0 Å². The number of alkyl halides is 3. The summed E-state index contributed by atoms with van der Waals surface area (Å²) in [5.41, 5.74) is -1.02. The molecule has 1 saturated carbocycles. The second-order valence-corrected chi connectivity index (χ2v) is 5.85. The van der Waals surface area contributed by atoms with Crippen LogP contribution in [-0.4, -0.2) is 29.6 Å². The van der Waals surface area contributed by atoms with E-state index in [0.29, 0.717) is 6.42 Å². The maximum absolute atomic E-state index is 12.6. The molecule has 0 aliphatic heterocycles. The Morgan fingerprint density at radius 3 is 2.54 bits per heavy atom. The number of anilines is 1. The first kappa shape index (κ1) is 18.3. The van der Waals surface area contributed by atoms with Gasteiger partial charge in [-0.05, 0) is 31.0 Å². The first-order chi connectivity index (χ1) is 11.3. The van der Waals surface area contributed by atoms with Crippen molar-refractivity contribution in [1.82, 2.24) is 5.32 Å². The summed E-state index contributed by atoms with van der Waals surface area (Å²) >= 11 is 0. The molecule has 1 fully saturated rings. The fourth-order valence-electron chi connectivity index (χ4n) is 2.69. The van der Waals surface area contributed by atoms with Crippen molar-refractivity contribution in [1.29, 1.82) is 0 Å². The van der Waals surface area contributed by atoms with Crippen LogP contribution in [0.2, 0.25) is 0 Å². The van der Waals surface area contributed by atoms with E-state index in [-0.39, 0.29) is 18.2 Å². The quantitative estimate of drug-likeness (QED) is 0.737. The van der Waals surface area contributed by atoms with Gasteiger partial charge in [0.2, 0.25) is 0 Å². The second kappa shape index (κ2) is 7.65. The summed E-state index contributed by atoms with van der Waals surface area (Å²) in [6.07, 6.45) is -1.73. The third-order valence-corrected chi connectivity index (χ3v) is 4.05. The van der Waals surface area contributed by atoms with Crippen molar-refractivity contribution in [3.63, 3.8) is 0 Å². The van der Waals surface area contributed by atoms with Gasteiger partial charge in [-0.25, -0.2) is 0 Å². The van der Waals surface area contributed by atoms with Crippen molar-refractivity contribution >= 4 is 17.5 Å². The van der Waals surface area contributed by atoms with Crippen LogP contribution in [0.4, 0.5) is 18.9 Å². The van der Waals surface area contributed by atoms with Gasteiger partial charge in [-0.3, -0.25) is 9.59 Å². The van der Waals surface area contributed by atoms with E-state index in [9.17, 15) is 27.9 Å². The molecule has 5 nitrogen and oxygen atoms in total. The van der Waals surface area contributed by atoms with Gasteiger partial charge in [-0.15, -0.1) is 0 Å². The number of hydrogen-bond acceptors (Lipinski definition) is 3. The lowest BCUT2D eigenvalue weighted by Crippen LogP contribution is -2.41. The van der Waals surface area contributed by atoms with Crippen LogP contribution in [0.15, 0.2) is 24.3 Å². The van der Waals surface area contributed by atoms with E-state index in [2.05, 4.69) is 10.6 Å². The van der Waals surface area contributed by atoms with Crippen molar-refractivity contribution in [3.05, 3.63) is 29.8 Å². The molecule has 0 unspecified atom stereocenters. The Morgan fingerprint density at radius 1 is 1.17 bits per heavy atom. The third kappa shape index (κ3) is 4.95. The van der Waals surface area contributed by atoms with E-state index in [1.807, 2.05) is 0 Å². The van der Waals surface area contributed by atoms with Crippen LogP contribution >= 0.6 is 0 Å². The Hall–Kier alpha value is -2.09. The molecule has 1 aliphatic rings. The monoisotopic (exact) mass is 344 g/mol. The van der Waals surface area contributed by atoms with Crippen LogP contribution in [-0.2, 0) is 15.8 Å². The molecule has 0 spiro atoms. The SMILES string of the molecule is O=C(NC[C@@H]1CCCC[C@@H]1O)C(=O)Nc1cccc(C(F)(F)F)c1. The van der Waals surface area contributed by atoms with E-state index < -0.39 is 29.7 Å². The first-order valence-corrected chi connectivity index (χ1v) is 7.72. The summed E-state index contributed by atoms with van der Waals surface area (Å²) in [4.78, 5) is 23.5. The molecule has 1 aliphatic carbocycles. The number of carbonyl (C=O) groups is 2. The molecule has 2 rings (SSSR count). The highest BCUT2D eigenvalue weighted by Gasteiger charge is 2.30. The molecule has 2 amide bonds. The average molecular weight is 344 g/mol. The van der Waals surface area contributed by atoms with E-state index in [0.717, 1.165) is 37.5 Å². The van der Waals surface area contributed by atoms with E-state index in [1.165, 1.54) is 6.07 Å². The zero-order chi connectivity index (χ0) is 17.7. The summed E-state index contributed by atoms with van der Waals surface area (Å²) in [7, 11) is 0. The van der Waals surface area contributed by atoms with Gasteiger partial charge in [0.05, 0.1) is 11.7 Å². The number of benzene rings is 1. The molecule has 0 radical (unpaired) electrons. The molecule has 0 bridgehead atoms. The normalized spacial score (nSPS) is 21.2. The van der Waals surface area contributed by atoms with E-state index in [4.69, 9.17) is 0 Å². The number of carbonyl (C=O) groups excluding carboxylic acids is 2. The maximum atomic E-state index is 12.6. The van der Waals surface area contributed by atoms with Gasteiger partial charge in [-0.2, -0.15) is 13.2 Å². The largest absolute Gasteiger partial charge is 0.416 e. The lowest BCUT2D eigenvalue weighted by molar-refractivity contribution is -0.137. The van der Waals surface area contributed by atoms with Gasteiger partial charge in [-0.1, -0.05) is 18.9 Å². The second-order valence-electron chi connectivity index (χ2n) is 5.85. The Labute approximate surface area is 137 Å². The minimum atomic E-state index is -4.53. The summed E-state index contributed by atoms with van der Waals surface area (Å²) in [6, 6.07) is 4.05. The minimum Gasteiger partial charge on any atom is -0.393 e. The number of hydrogen-bond donors (Lipinski definition) is 3. The van der Waals surface area contributed by atoms with E-state index in [1.54, 1.807) is 0 Å². The number of rotatable bonds is 3. The number of aliphatic hydroxyl groups excluding tert-OH is 1. The highest BCUT2D eigenvalue weighted by molar-refractivity contribution is 6.39. The molecule has 1 aromatic carbocycles. The first-order valence-electron chi connectivity index (χ1n) is 7.72. The van der Waals surface area contributed by atoms with Gasteiger partial charge in [0.15, 0.2) is 0 Å². The average Bonchev–Trinajstić information content (AvgIpc) is 2.53. The van der Waals surface area contributed by atoms with Gasteiger partial charge in [0.1, 0.15) is 0 Å². The molecular weight excluding hydrogens is 325 g/mol. The Morgan fingerprint density at radius 2 is 1.88 bits per heavy atom. The zero-order valence-corrected chi connectivity index (χ0v) is 12.9. The Kier molecular flexibility index (Phi) is 5.82. The summed E-state index contributed by atoms with van der Waals surface area (Å²) in [6.45, 7) is 0.163. The predicted octanol–water partition coefficient (Wildman–Crippen LogP) is 2.31. The molecule has 132 valence electrons. The number of halogens is 3. The van der Waals surface area contributed by atoms with Crippen molar-refractivity contribution < 1.29 is 27.9 Å². The fraction of sp³-hybridized carbons (Fsp3) is 0.500. The highest BCUT2D eigenvalue weighted by atomic mass is 19.4. The molecule has 24 heavy (non-hydrogen) atoms. The fourth-order valence-corrected chi connectivity index (χ4v) is 2.69. The smallest absolute Gasteiger partial charge is 0.393 e. The van der Waals surface area contributed by atoms with Crippen molar-refractivity contribution in [2.24, 2.45) is 5.92 Å². The maximum Gasteiger partial charge on any atom is 0.416 e. The topological polar surface area (TPSA) is 78.4 Å². The molecule has 0 heterocycles. The van der Waals surface area contributed by atoms with Gasteiger partial charge < -0.3 is 15.7 Å². The van der Waals surface area contributed by atoms with Crippen LogP contribution in [0, 0.1) is 5.92 Å². The molecule has 0 saturated heterocycles. The highest BCUT2D eigenvalue weighted by Crippen LogP contribution is 2.30. The number of nitrogens with one attached hydrogen (secondary N) is 2. The minimum absolute atomic E-state index is 0.107. The molecule has 2 atom stereocenters. The Balaban J connectivity index is 1.88. The Bertz CT molecular complexity index is 604. The van der Waals surface area contributed by atoms with Crippen LogP contribution in [0.25, 0.3) is 0 Å². The predicted molar refractivity (Wildman–Crippen MR) is 81.0 cm³/mol.